The third-order valence-corrected chi connectivity index (χ3v) is 3.34. The van der Waals surface area contributed by atoms with Gasteiger partial charge in [0, 0.05) is 46.5 Å². The molecule has 0 fully saturated rings. The fourth-order valence-corrected chi connectivity index (χ4v) is 2.05. The first-order valence-corrected chi connectivity index (χ1v) is 6.75. The van der Waals surface area contributed by atoms with Crippen LogP contribution in [0.25, 0.3) is 0 Å². The minimum atomic E-state index is 0. The molecule has 22 heavy (non-hydrogen) atoms. The number of aryl methyl sites for hydroxylation is 2. The van der Waals surface area contributed by atoms with Gasteiger partial charge in [-0.15, -0.1) is 34.2 Å². The molecule has 0 aliphatic heterocycles. The summed E-state index contributed by atoms with van der Waals surface area (Å²) >= 11 is 0. The van der Waals surface area contributed by atoms with Crippen LogP contribution in [0.5, 0.6) is 0 Å². The monoisotopic (exact) mass is 418 g/mol. The quantitative estimate of drug-likeness (QED) is 0.449. The Kier molecular flexibility index (Phi) is 6.78. The van der Waals surface area contributed by atoms with E-state index in [1.807, 2.05) is 49.9 Å². The number of nitrogens with one attached hydrogen (secondary N) is 1. The first kappa shape index (κ1) is 18.4. The number of hydrogen-bond donors (Lipinski definition) is 1. The standard InChI is InChI=1S/C13H22N8.HI/c1-10-17-18-12(21(10)5)7-15-13(14-2)19(3)8-11-6-16-20(4)9-11;/h6,9H,7-8H2,1-5H3,(H,14,15);1H. The molecule has 8 nitrogen and oxygen atoms in total. The van der Waals surface area contributed by atoms with Crippen LogP contribution in [0.2, 0.25) is 0 Å². The molecule has 2 aromatic heterocycles. The zero-order chi connectivity index (χ0) is 15.4. The Morgan fingerprint density at radius 1 is 1.36 bits per heavy atom. The summed E-state index contributed by atoms with van der Waals surface area (Å²) in [5.41, 5.74) is 1.14. The van der Waals surface area contributed by atoms with Crippen LogP contribution in [-0.2, 0) is 27.2 Å². The van der Waals surface area contributed by atoms with Gasteiger partial charge in [0.1, 0.15) is 5.82 Å². The molecule has 0 saturated carbocycles. The van der Waals surface area contributed by atoms with Crippen LogP contribution in [0.3, 0.4) is 0 Å². The third kappa shape index (κ3) is 4.42. The smallest absolute Gasteiger partial charge is 0.194 e. The van der Waals surface area contributed by atoms with Crippen molar-refractivity contribution >= 4 is 29.9 Å². The number of halogens is 1. The molecule has 0 saturated heterocycles. The molecule has 2 rings (SSSR count). The number of aliphatic imine (C=N–C) groups is 1. The minimum absolute atomic E-state index is 0. The molecule has 1 N–H and O–H groups in total. The van der Waals surface area contributed by atoms with Gasteiger partial charge in [-0.1, -0.05) is 0 Å². The molecule has 122 valence electrons. The average molecular weight is 418 g/mol. The summed E-state index contributed by atoms with van der Waals surface area (Å²) in [6.07, 6.45) is 3.85. The fourth-order valence-electron chi connectivity index (χ4n) is 2.05. The van der Waals surface area contributed by atoms with Crippen molar-refractivity contribution in [2.75, 3.05) is 14.1 Å². The summed E-state index contributed by atoms with van der Waals surface area (Å²) in [6.45, 7) is 3.26. The molecule has 0 bridgehead atoms. The van der Waals surface area contributed by atoms with E-state index in [2.05, 4.69) is 25.6 Å². The predicted molar refractivity (Wildman–Crippen MR) is 96.0 cm³/mol. The number of hydrogen-bond acceptors (Lipinski definition) is 4. The van der Waals surface area contributed by atoms with Gasteiger partial charge in [-0.2, -0.15) is 5.10 Å². The lowest BCUT2D eigenvalue weighted by molar-refractivity contribution is 0.474. The van der Waals surface area contributed by atoms with E-state index in [0.29, 0.717) is 6.54 Å². The van der Waals surface area contributed by atoms with Gasteiger partial charge in [0.15, 0.2) is 11.8 Å². The molecule has 2 heterocycles. The number of nitrogens with zero attached hydrogens (tertiary/aromatic N) is 7. The van der Waals surface area contributed by atoms with Gasteiger partial charge in [-0.25, -0.2) is 0 Å². The normalized spacial score (nSPS) is 11.2. The largest absolute Gasteiger partial charge is 0.349 e. The Labute approximate surface area is 147 Å². The topological polar surface area (TPSA) is 76.2 Å². The van der Waals surface area contributed by atoms with Crippen LogP contribution in [-0.4, -0.2) is 49.5 Å². The molecule has 0 radical (unpaired) electrons. The summed E-state index contributed by atoms with van der Waals surface area (Å²) in [4.78, 5) is 6.33. The van der Waals surface area contributed by atoms with Gasteiger partial charge in [-0.3, -0.25) is 9.67 Å². The first-order chi connectivity index (χ1) is 10.0. The van der Waals surface area contributed by atoms with Crippen LogP contribution < -0.4 is 5.32 Å². The SMILES string of the molecule is CN=C(NCc1nnc(C)n1C)N(C)Cc1cnn(C)c1.I. The van der Waals surface area contributed by atoms with Crippen molar-refractivity contribution in [1.82, 2.24) is 34.8 Å². The molecule has 0 spiro atoms. The molecular formula is C13H23IN8. The lowest BCUT2D eigenvalue weighted by atomic mass is 10.3. The maximum atomic E-state index is 4.29. The van der Waals surface area contributed by atoms with E-state index in [1.165, 1.54) is 0 Å². The van der Waals surface area contributed by atoms with Crippen molar-refractivity contribution < 1.29 is 0 Å². The Hall–Kier alpha value is -1.65. The van der Waals surface area contributed by atoms with E-state index < -0.39 is 0 Å². The van der Waals surface area contributed by atoms with Crippen LogP contribution in [0, 0.1) is 6.92 Å². The number of guanidine groups is 1. The lowest BCUT2D eigenvalue weighted by Gasteiger charge is -2.21. The Morgan fingerprint density at radius 3 is 2.59 bits per heavy atom. The Balaban J connectivity index is 0.00000242. The van der Waals surface area contributed by atoms with E-state index in [4.69, 9.17) is 0 Å². The molecule has 0 aliphatic rings. The highest BCUT2D eigenvalue weighted by molar-refractivity contribution is 14.0. The molecule has 0 unspecified atom stereocenters. The van der Waals surface area contributed by atoms with Crippen LogP contribution >= 0.6 is 24.0 Å². The maximum Gasteiger partial charge on any atom is 0.194 e. The van der Waals surface area contributed by atoms with E-state index in [0.717, 1.165) is 29.7 Å². The highest BCUT2D eigenvalue weighted by Crippen LogP contribution is 2.02. The summed E-state index contributed by atoms with van der Waals surface area (Å²) in [5, 5.41) is 15.6. The zero-order valence-electron chi connectivity index (χ0n) is 13.6. The summed E-state index contributed by atoms with van der Waals surface area (Å²) in [5.74, 6) is 2.58. The van der Waals surface area contributed by atoms with Crippen LogP contribution in [0.15, 0.2) is 17.4 Å². The fraction of sp³-hybridized carbons (Fsp3) is 0.538. The minimum Gasteiger partial charge on any atom is -0.349 e. The second-order valence-electron chi connectivity index (χ2n) is 5.00. The van der Waals surface area contributed by atoms with Crippen molar-refractivity contribution in [3.05, 3.63) is 29.6 Å². The molecule has 0 aromatic carbocycles. The van der Waals surface area contributed by atoms with Gasteiger partial charge in [0.25, 0.3) is 0 Å². The summed E-state index contributed by atoms with van der Waals surface area (Å²) in [7, 11) is 7.62. The molecule has 2 aromatic rings. The van der Waals surface area contributed by atoms with Crippen molar-refractivity contribution in [2.24, 2.45) is 19.1 Å². The molecule has 0 aliphatic carbocycles. The second-order valence-corrected chi connectivity index (χ2v) is 5.00. The van der Waals surface area contributed by atoms with E-state index in [9.17, 15) is 0 Å². The molecular weight excluding hydrogens is 395 g/mol. The van der Waals surface area contributed by atoms with Crippen molar-refractivity contribution in [3.63, 3.8) is 0 Å². The van der Waals surface area contributed by atoms with Crippen molar-refractivity contribution in [2.45, 2.75) is 20.0 Å². The highest BCUT2D eigenvalue weighted by Gasteiger charge is 2.10. The summed E-state index contributed by atoms with van der Waals surface area (Å²) in [6, 6.07) is 0. The van der Waals surface area contributed by atoms with E-state index >= 15 is 0 Å². The van der Waals surface area contributed by atoms with Crippen LogP contribution in [0.1, 0.15) is 17.2 Å². The Morgan fingerprint density at radius 2 is 2.09 bits per heavy atom. The van der Waals surface area contributed by atoms with E-state index in [-0.39, 0.29) is 24.0 Å². The second kappa shape index (κ2) is 8.11. The predicted octanol–water partition coefficient (Wildman–Crippen LogP) is 0.682. The average Bonchev–Trinajstić information content (AvgIpc) is 2.99. The van der Waals surface area contributed by atoms with Crippen molar-refractivity contribution in [3.8, 4) is 0 Å². The number of aromatic nitrogens is 5. The Bertz CT molecular complexity index is 630. The molecule has 9 heteroatoms. The zero-order valence-corrected chi connectivity index (χ0v) is 15.9. The van der Waals surface area contributed by atoms with Gasteiger partial charge in [0.2, 0.25) is 0 Å². The van der Waals surface area contributed by atoms with E-state index in [1.54, 1.807) is 11.7 Å². The highest BCUT2D eigenvalue weighted by atomic mass is 127. The van der Waals surface area contributed by atoms with Crippen molar-refractivity contribution in [1.29, 1.82) is 0 Å². The first-order valence-electron chi connectivity index (χ1n) is 6.75. The van der Waals surface area contributed by atoms with Crippen LogP contribution in [0.4, 0.5) is 0 Å². The van der Waals surface area contributed by atoms with Gasteiger partial charge >= 0.3 is 0 Å². The van der Waals surface area contributed by atoms with Gasteiger partial charge in [0.05, 0.1) is 12.7 Å². The van der Waals surface area contributed by atoms with Gasteiger partial charge in [-0.05, 0) is 6.92 Å². The lowest BCUT2D eigenvalue weighted by Crippen LogP contribution is -2.38. The maximum absolute atomic E-state index is 4.29. The molecule has 0 amide bonds. The summed E-state index contributed by atoms with van der Waals surface area (Å²) < 4.78 is 3.75. The molecule has 0 atom stereocenters. The third-order valence-electron chi connectivity index (χ3n) is 3.34. The van der Waals surface area contributed by atoms with Gasteiger partial charge < -0.3 is 14.8 Å². The number of rotatable bonds is 4.